The van der Waals surface area contributed by atoms with Crippen LogP contribution < -0.4 is 0 Å². The van der Waals surface area contributed by atoms with Gasteiger partial charge in [0.15, 0.2) is 0 Å². The van der Waals surface area contributed by atoms with Gasteiger partial charge >= 0.3 is 5.97 Å². The third-order valence-electron chi connectivity index (χ3n) is 4.80. The number of piperidine rings is 1. The Morgan fingerprint density at radius 3 is 2.65 bits per heavy atom. The lowest BCUT2D eigenvalue weighted by molar-refractivity contribution is 0.0696. The number of carboxylic acids is 1. The summed E-state index contributed by atoms with van der Waals surface area (Å²) in [6, 6.07) is 18.0. The summed E-state index contributed by atoms with van der Waals surface area (Å²) in [5.41, 5.74) is 2.89. The summed E-state index contributed by atoms with van der Waals surface area (Å²) in [7, 11) is 0. The molecule has 2 atom stereocenters. The van der Waals surface area contributed by atoms with Crippen molar-refractivity contribution in [2.75, 3.05) is 13.1 Å². The molecule has 23 heavy (non-hydrogen) atoms. The van der Waals surface area contributed by atoms with E-state index in [0.29, 0.717) is 17.4 Å². The molecular weight excluding hydrogens is 286 g/mol. The SMILES string of the molecule is CC1CN(Cc2cccc(C(=O)O)c2)CCC1c1ccccc1. The molecule has 1 N–H and O–H groups in total. The molecule has 2 unspecified atom stereocenters. The van der Waals surface area contributed by atoms with Crippen LogP contribution in [-0.4, -0.2) is 29.1 Å². The second-order valence-electron chi connectivity index (χ2n) is 6.52. The molecule has 2 aromatic carbocycles. The normalized spacial score (nSPS) is 22.0. The van der Waals surface area contributed by atoms with Gasteiger partial charge in [0.05, 0.1) is 5.56 Å². The molecule has 1 aliphatic rings. The van der Waals surface area contributed by atoms with Crippen LogP contribution in [0.15, 0.2) is 54.6 Å². The lowest BCUT2D eigenvalue weighted by atomic mass is 9.81. The van der Waals surface area contributed by atoms with E-state index in [1.165, 1.54) is 5.56 Å². The zero-order chi connectivity index (χ0) is 16.2. The van der Waals surface area contributed by atoms with Crippen LogP contribution in [0.5, 0.6) is 0 Å². The van der Waals surface area contributed by atoms with Gasteiger partial charge in [-0.2, -0.15) is 0 Å². The Morgan fingerprint density at radius 1 is 1.17 bits per heavy atom. The van der Waals surface area contributed by atoms with Crippen LogP contribution in [0, 0.1) is 5.92 Å². The van der Waals surface area contributed by atoms with E-state index >= 15 is 0 Å². The molecule has 0 radical (unpaired) electrons. The van der Waals surface area contributed by atoms with Crippen molar-refractivity contribution in [2.45, 2.75) is 25.8 Å². The second kappa shape index (κ2) is 6.97. The average Bonchev–Trinajstić information content (AvgIpc) is 2.56. The van der Waals surface area contributed by atoms with Crippen LogP contribution in [0.25, 0.3) is 0 Å². The summed E-state index contributed by atoms with van der Waals surface area (Å²) in [5.74, 6) is 0.370. The van der Waals surface area contributed by atoms with Crippen LogP contribution >= 0.6 is 0 Å². The number of carbonyl (C=O) groups is 1. The van der Waals surface area contributed by atoms with Crippen LogP contribution in [0.1, 0.15) is 40.7 Å². The van der Waals surface area contributed by atoms with E-state index < -0.39 is 5.97 Å². The van der Waals surface area contributed by atoms with Crippen LogP contribution in [0.4, 0.5) is 0 Å². The van der Waals surface area contributed by atoms with Gasteiger partial charge in [0, 0.05) is 13.1 Å². The van der Waals surface area contributed by atoms with E-state index in [4.69, 9.17) is 5.11 Å². The summed E-state index contributed by atoms with van der Waals surface area (Å²) >= 11 is 0. The molecule has 0 amide bonds. The molecule has 120 valence electrons. The van der Waals surface area contributed by atoms with Gasteiger partial charge in [0.25, 0.3) is 0 Å². The van der Waals surface area contributed by atoms with Gasteiger partial charge in [0.2, 0.25) is 0 Å². The second-order valence-corrected chi connectivity index (χ2v) is 6.52. The summed E-state index contributed by atoms with van der Waals surface area (Å²) in [6.45, 7) is 5.25. The van der Waals surface area contributed by atoms with Crippen molar-refractivity contribution in [3.8, 4) is 0 Å². The number of hydrogen-bond acceptors (Lipinski definition) is 2. The van der Waals surface area contributed by atoms with Gasteiger partial charge in [0.1, 0.15) is 0 Å². The van der Waals surface area contributed by atoms with E-state index in [1.54, 1.807) is 12.1 Å². The Bertz CT molecular complexity index is 668. The Balaban J connectivity index is 1.64. The number of carboxylic acid groups (broad SMARTS) is 1. The predicted octanol–water partition coefficient (Wildman–Crippen LogP) is 4.01. The molecule has 2 aromatic rings. The summed E-state index contributed by atoms with van der Waals surface area (Å²) in [6.07, 6.45) is 1.16. The molecule has 1 aliphatic heterocycles. The minimum absolute atomic E-state index is 0.370. The molecule has 3 rings (SSSR count). The summed E-state index contributed by atoms with van der Waals surface area (Å²) < 4.78 is 0. The van der Waals surface area contributed by atoms with Gasteiger partial charge in [-0.15, -0.1) is 0 Å². The van der Waals surface area contributed by atoms with Crippen molar-refractivity contribution in [1.82, 2.24) is 4.90 Å². The topological polar surface area (TPSA) is 40.5 Å². The molecule has 0 saturated carbocycles. The van der Waals surface area contributed by atoms with Crippen LogP contribution in [0.2, 0.25) is 0 Å². The fourth-order valence-corrected chi connectivity index (χ4v) is 3.63. The number of aromatic carboxylic acids is 1. The maximum Gasteiger partial charge on any atom is 0.335 e. The van der Waals surface area contributed by atoms with Crippen molar-refractivity contribution >= 4 is 5.97 Å². The molecule has 3 heteroatoms. The Kier molecular flexibility index (Phi) is 4.77. The predicted molar refractivity (Wildman–Crippen MR) is 91.6 cm³/mol. The maximum absolute atomic E-state index is 11.1. The van der Waals surface area contributed by atoms with Gasteiger partial charge in [-0.1, -0.05) is 49.4 Å². The van der Waals surface area contributed by atoms with Crippen molar-refractivity contribution in [1.29, 1.82) is 0 Å². The number of hydrogen-bond donors (Lipinski definition) is 1. The molecule has 0 aliphatic carbocycles. The Labute approximate surface area is 137 Å². The molecule has 0 aromatic heterocycles. The van der Waals surface area contributed by atoms with E-state index in [1.807, 2.05) is 12.1 Å². The molecule has 0 spiro atoms. The van der Waals surface area contributed by atoms with E-state index in [2.05, 4.69) is 42.2 Å². The van der Waals surface area contributed by atoms with E-state index in [-0.39, 0.29) is 0 Å². The van der Waals surface area contributed by atoms with Crippen molar-refractivity contribution in [3.63, 3.8) is 0 Å². The zero-order valence-corrected chi connectivity index (χ0v) is 13.5. The lowest BCUT2D eigenvalue weighted by Gasteiger charge is -2.37. The fraction of sp³-hybridized carbons (Fsp3) is 0.350. The third-order valence-corrected chi connectivity index (χ3v) is 4.80. The molecular formula is C20H23NO2. The lowest BCUT2D eigenvalue weighted by Crippen LogP contribution is -2.37. The molecule has 1 heterocycles. The Hall–Kier alpha value is -2.13. The average molecular weight is 309 g/mol. The standard InChI is InChI=1S/C20H23NO2/c1-15-13-21(11-10-19(15)17-7-3-2-4-8-17)14-16-6-5-9-18(12-16)20(22)23/h2-9,12,15,19H,10-11,13-14H2,1H3,(H,22,23). The highest BCUT2D eigenvalue weighted by molar-refractivity contribution is 5.87. The van der Waals surface area contributed by atoms with Gasteiger partial charge < -0.3 is 5.11 Å². The number of nitrogens with zero attached hydrogens (tertiary/aromatic N) is 1. The van der Waals surface area contributed by atoms with E-state index in [0.717, 1.165) is 31.6 Å². The minimum Gasteiger partial charge on any atom is -0.478 e. The van der Waals surface area contributed by atoms with Gasteiger partial charge in [-0.3, -0.25) is 4.90 Å². The first-order valence-electron chi connectivity index (χ1n) is 8.23. The van der Waals surface area contributed by atoms with Crippen molar-refractivity contribution in [2.24, 2.45) is 5.92 Å². The zero-order valence-electron chi connectivity index (χ0n) is 13.5. The van der Waals surface area contributed by atoms with Crippen molar-refractivity contribution in [3.05, 3.63) is 71.3 Å². The van der Waals surface area contributed by atoms with Crippen LogP contribution in [-0.2, 0) is 6.54 Å². The number of benzene rings is 2. The number of rotatable bonds is 4. The monoisotopic (exact) mass is 309 g/mol. The molecule has 1 saturated heterocycles. The maximum atomic E-state index is 11.1. The Morgan fingerprint density at radius 2 is 1.96 bits per heavy atom. The fourth-order valence-electron chi connectivity index (χ4n) is 3.63. The highest BCUT2D eigenvalue weighted by atomic mass is 16.4. The summed E-state index contributed by atoms with van der Waals surface area (Å²) in [5, 5.41) is 9.10. The van der Waals surface area contributed by atoms with Crippen molar-refractivity contribution < 1.29 is 9.90 Å². The van der Waals surface area contributed by atoms with Gasteiger partial charge in [-0.05, 0) is 48.1 Å². The summed E-state index contributed by atoms with van der Waals surface area (Å²) in [4.78, 5) is 13.5. The first-order chi connectivity index (χ1) is 11.1. The third kappa shape index (κ3) is 3.80. The highest BCUT2D eigenvalue weighted by Gasteiger charge is 2.27. The molecule has 3 nitrogen and oxygen atoms in total. The minimum atomic E-state index is -0.858. The first-order valence-corrected chi connectivity index (χ1v) is 8.23. The van der Waals surface area contributed by atoms with E-state index in [9.17, 15) is 4.79 Å². The molecule has 1 fully saturated rings. The highest BCUT2D eigenvalue weighted by Crippen LogP contribution is 2.33. The molecule has 0 bridgehead atoms. The quantitative estimate of drug-likeness (QED) is 0.927. The first kappa shape index (κ1) is 15.8. The largest absolute Gasteiger partial charge is 0.478 e. The van der Waals surface area contributed by atoms with Crippen LogP contribution in [0.3, 0.4) is 0 Å². The van der Waals surface area contributed by atoms with Gasteiger partial charge in [-0.25, -0.2) is 4.79 Å². The number of likely N-dealkylation sites (tertiary alicyclic amines) is 1. The smallest absolute Gasteiger partial charge is 0.335 e.